The fourth-order valence-corrected chi connectivity index (χ4v) is 3.35. The number of rotatable bonds is 5. The summed E-state index contributed by atoms with van der Waals surface area (Å²) >= 11 is 7.56. The zero-order chi connectivity index (χ0) is 14.6. The standard InChI is InChI=1S/C16H22ClNOS/c1-12(20-2)15(19)18-11-16(9-3-4-10-16)13-5-7-14(17)8-6-13/h5-8,12H,3-4,9-11H2,1-2H3,(H,18,19). The Bertz CT molecular complexity index is 454. The number of thioether (sulfide) groups is 1. The molecule has 1 saturated carbocycles. The fraction of sp³-hybridized carbons (Fsp3) is 0.562. The second-order valence-electron chi connectivity index (χ2n) is 5.59. The minimum absolute atomic E-state index is 0.0127. The molecule has 1 N–H and O–H groups in total. The smallest absolute Gasteiger partial charge is 0.232 e. The van der Waals surface area contributed by atoms with Gasteiger partial charge in [0.05, 0.1) is 5.25 Å². The summed E-state index contributed by atoms with van der Waals surface area (Å²) in [6.45, 7) is 2.68. The Labute approximate surface area is 130 Å². The summed E-state index contributed by atoms with van der Waals surface area (Å²) in [6.07, 6.45) is 6.72. The van der Waals surface area contributed by atoms with E-state index >= 15 is 0 Å². The van der Waals surface area contributed by atoms with Gasteiger partial charge in [-0.05, 0) is 43.7 Å². The summed E-state index contributed by atoms with van der Waals surface area (Å²) < 4.78 is 0. The Balaban J connectivity index is 2.10. The Morgan fingerprint density at radius 1 is 1.35 bits per heavy atom. The highest BCUT2D eigenvalue weighted by atomic mass is 35.5. The van der Waals surface area contributed by atoms with Gasteiger partial charge in [0.25, 0.3) is 0 Å². The van der Waals surface area contributed by atoms with Crippen molar-refractivity contribution in [1.82, 2.24) is 5.32 Å². The quantitative estimate of drug-likeness (QED) is 0.890. The lowest BCUT2D eigenvalue weighted by atomic mass is 9.79. The van der Waals surface area contributed by atoms with Crippen LogP contribution in [0.3, 0.4) is 0 Å². The van der Waals surface area contributed by atoms with E-state index < -0.39 is 0 Å². The molecule has 0 aromatic heterocycles. The highest BCUT2D eigenvalue weighted by Gasteiger charge is 2.36. The first-order chi connectivity index (χ1) is 9.57. The molecule has 2 rings (SSSR count). The van der Waals surface area contributed by atoms with E-state index in [-0.39, 0.29) is 16.6 Å². The predicted octanol–water partition coefficient (Wildman–Crippen LogP) is 4.02. The van der Waals surface area contributed by atoms with Crippen LogP contribution in [0.25, 0.3) is 0 Å². The van der Waals surface area contributed by atoms with E-state index in [9.17, 15) is 4.79 Å². The molecule has 20 heavy (non-hydrogen) atoms. The van der Waals surface area contributed by atoms with Gasteiger partial charge in [0, 0.05) is 17.0 Å². The van der Waals surface area contributed by atoms with Crippen LogP contribution in [0, 0.1) is 0 Å². The number of carbonyl (C=O) groups excluding carboxylic acids is 1. The summed E-state index contributed by atoms with van der Waals surface area (Å²) in [4.78, 5) is 12.0. The van der Waals surface area contributed by atoms with E-state index in [0.29, 0.717) is 0 Å². The maximum absolute atomic E-state index is 12.0. The van der Waals surface area contributed by atoms with Crippen LogP contribution in [0.2, 0.25) is 5.02 Å². The number of benzene rings is 1. The van der Waals surface area contributed by atoms with Crippen molar-refractivity contribution in [2.24, 2.45) is 0 Å². The minimum atomic E-state index is 0.0127. The fourth-order valence-electron chi connectivity index (χ4n) is 2.93. The lowest BCUT2D eigenvalue weighted by molar-refractivity contribution is -0.120. The maximum Gasteiger partial charge on any atom is 0.232 e. The van der Waals surface area contributed by atoms with Crippen LogP contribution in [0.15, 0.2) is 24.3 Å². The van der Waals surface area contributed by atoms with Crippen LogP contribution in [0.5, 0.6) is 0 Å². The molecule has 0 saturated heterocycles. The molecule has 2 nitrogen and oxygen atoms in total. The van der Waals surface area contributed by atoms with Crippen LogP contribution in [0.4, 0.5) is 0 Å². The van der Waals surface area contributed by atoms with E-state index in [2.05, 4.69) is 17.4 Å². The molecule has 0 spiro atoms. The van der Waals surface area contributed by atoms with Gasteiger partial charge in [0.2, 0.25) is 5.91 Å². The molecule has 1 atom stereocenters. The number of halogens is 1. The van der Waals surface area contributed by atoms with Gasteiger partial charge in [0.15, 0.2) is 0 Å². The van der Waals surface area contributed by atoms with Gasteiger partial charge >= 0.3 is 0 Å². The Kier molecular flexibility index (Phi) is 5.39. The van der Waals surface area contributed by atoms with Crippen molar-refractivity contribution in [3.8, 4) is 0 Å². The number of amides is 1. The van der Waals surface area contributed by atoms with E-state index in [4.69, 9.17) is 11.6 Å². The van der Waals surface area contributed by atoms with Gasteiger partial charge in [0.1, 0.15) is 0 Å². The minimum Gasteiger partial charge on any atom is -0.354 e. The summed E-state index contributed by atoms with van der Waals surface area (Å²) in [7, 11) is 0. The lowest BCUT2D eigenvalue weighted by Gasteiger charge is -2.30. The Morgan fingerprint density at radius 2 is 1.95 bits per heavy atom. The molecule has 0 aliphatic heterocycles. The van der Waals surface area contributed by atoms with Crippen molar-refractivity contribution < 1.29 is 4.79 Å². The molecule has 1 unspecified atom stereocenters. The van der Waals surface area contributed by atoms with Crippen molar-refractivity contribution in [1.29, 1.82) is 0 Å². The number of nitrogens with one attached hydrogen (secondary N) is 1. The zero-order valence-corrected chi connectivity index (χ0v) is 13.7. The molecule has 1 aromatic rings. The molecule has 0 radical (unpaired) electrons. The van der Waals surface area contributed by atoms with Gasteiger partial charge in [-0.2, -0.15) is 11.8 Å². The highest BCUT2D eigenvalue weighted by molar-refractivity contribution is 7.99. The highest BCUT2D eigenvalue weighted by Crippen LogP contribution is 2.41. The van der Waals surface area contributed by atoms with Crippen molar-refractivity contribution in [3.05, 3.63) is 34.9 Å². The second-order valence-corrected chi connectivity index (χ2v) is 7.21. The van der Waals surface area contributed by atoms with Gasteiger partial charge in [-0.15, -0.1) is 0 Å². The third kappa shape index (κ3) is 3.50. The van der Waals surface area contributed by atoms with Gasteiger partial charge in [-0.1, -0.05) is 36.6 Å². The molecule has 0 bridgehead atoms. The first-order valence-electron chi connectivity index (χ1n) is 7.14. The molecule has 0 heterocycles. The maximum atomic E-state index is 12.0. The molecule has 110 valence electrons. The molecule has 4 heteroatoms. The topological polar surface area (TPSA) is 29.1 Å². The Hall–Kier alpha value is -0.670. The lowest BCUT2D eigenvalue weighted by Crippen LogP contribution is -2.41. The Morgan fingerprint density at radius 3 is 2.50 bits per heavy atom. The third-order valence-corrected chi connectivity index (χ3v) is 5.51. The van der Waals surface area contributed by atoms with Crippen LogP contribution >= 0.6 is 23.4 Å². The molecule has 1 fully saturated rings. The summed E-state index contributed by atoms with van der Waals surface area (Å²) in [5.74, 6) is 0.137. The molecular formula is C16H22ClNOS. The van der Waals surface area contributed by atoms with Crippen molar-refractivity contribution in [2.75, 3.05) is 12.8 Å². The largest absolute Gasteiger partial charge is 0.354 e. The average molecular weight is 312 g/mol. The number of carbonyl (C=O) groups is 1. The molecular weight excluding hydrogens is 290 g/mol. The van der Waals surface area contributed by atoms with Crippen molar-refractivity contribution in [3.63, 3.8) is 0 Å². The monoisotopic (exact) mass is 311 g/mol. The second kappa shape index (κ2) is 6.86. The van der Waals surface area contributed by atoms with Gasteiger partial charge < -0.3 is 5.32 Å². The average Bonchev–Trinajstić information content (AvgIpc) is 2.94. The van der Waals surface area contributed by atoms with Crippen LogP contribution in [-0.4, -0.2) is 24.0 Å². The predicted molar refractivity (Wildman–Crippen MR) is 87.6 cm³/mol. The molecule has 1 amide bonds. The third-order valence-electron chi connectivity index (χ3n) is 4.34. The number of hydrogen-bond donors (Lipinski definition) is 1. The van der Waals surface area contributed by atoms with E-state index in [0.717, 1.165) is 24.4 Å². The van der Waals surface area contributed by atoms with E-state index in [1.54, 1.807) is 11.8 Å². The van der Waals surface area contributed by atoms with Crippen LogP contribution in [-0.2, 0) is 10.2 Å². The summed E-state index contributed by atoms with van der Waals surface area (Å²) in [6, 6.07) is 8.11. The van der Waals surface area contributed by atoms with E-state index in [1.165, 1.54) is 18.4 Å². The molecule has 1 aromatic carbocycles. The van der Waals surface area contributed by atoms with Gasteiger partial charge in [-0.3, -0.25) is 4.79 Å². The normalized spacial score (nSPS) is 18.8. The number of hydrogen-bond acceptors (Lipinski definition) is 2. The van der Waals surface area contributed by atoms with Crippen LogP contribution in [0.1, 0.15) is 38.2 Å². The SMILES string of the molecule is CSC(C)C(=O)NCC1(c2ccc(Cl)cc2)CCCC1. The van der Waals surface area contributed by atoms with Crippen molar-refractivity contribution >= 4 is 29.3 Å². The first kappa shape index (κ1) is 15.7. The first-order valence-corrected chi connectivity index (χ1v) is 8.80. The zero-order valence-electron chi connectivity index (χ0n) is 12.1. The van der Waals surface area contributed by atoms with Gasteiger partial charge in [-0.25, -0.2) is 0 Å². The van der Waals surface area contributed by atoms with Crippen molar-refractivity contribution in [2.45, 2.75) is 43.3 Å². The van der Waals surface area contributed by atoms with Crippen LogP contribution < -0.4 is 5.32 Å². The molecule has 1 aliphatic carbocycles. The molecule has 1 aliphatic rings. The van der Waals surface area contributed by atoms with E-state index in [1.807, 2.05) is 25.3 Å². The summed E-state index contributed by atoms with van der Waals surface area (Å²) in [5, 5.41) is 3.91. The summed E-state index contributed by atoms with van der Waals surface area (Å²) in [5.41, 5.74) is 1.40.